The van der Waals surface area contributed by atoms with Crippen molar-refractivity contribution in [1.29, 1.82) is 0 Å². The third-order valence-electron chi connectivity index (χ3n) is 4.24. The molecule has 3 atom stereocenters. The second-order valence-electron chi connectivity index (χ2n) is 5.81. The monoisotopic (exact) mass is 254 g/mol. The SMILES string of the molecule is CC1CCC(O)(Cc2ccc(F)c(F)c2)C(C)C1. The molecule has 0 bridgehead atoms. The van der Waals surface area contributed by atoms with Gasteiger partial charge < -0.3 is 5.11 Å². The van der Waals surface area contributed by atoms with E-state index in [2.05, 4.69) is 6.92 Å². The van der Waals surface area contributed by atoms with Gasteiger partial charge in [0, 0.05) is 6.42 Å². The highest BCUT2D eigenvalue weighted by Crippen LogP contribution is 2.38. The Hall–Kier alpha value is -0.960. The third-order valence-corrected chi connectivity index (χ3v) is 4.24. The molecule has 3 heteroatoms. The number of hydrogen-bond donors (Lipinski definition) is 1. The van der Waals surface area contributed by atoms with Gasteiger partial charge in [0.2, 0.25) is 0 Å². The molecular weight excluding hydrogens is 234 g/mol. The van der Waals surface area contributed by atoms with E-state index < -0.39 is 17.2 Å². The molecule has 1 N–H and O–H groups in total. The Morgan fingerprint density at radius 1 is 1.28 bits per heavy atom. The Kier molecular flexibility index (Phi) is 3.71. The van der Waals surface area contributed by atoms with Gasteiger partial charge in [-0.3, -0.25) is 0 Å². The van der Waals surface area contributed by atoms with Crippen LogP contribution in [0.2, 0.25) is 0 Å². The lowest BCUT2D eigenvalue weighted by Gasteiger charge is -2.41. The maximum absolute atomic E-state index is 13.2. The van der Waals surface area contributed by atoms with E-state index in [1.165, 1.54) is 6.07 Å². The average molecular weight is 254 g/mol. The second kappa shape index (κ2) is 4.96. The summed E-state index contributed by atoms with van der Waals surface area (Å²) in [4.78, 5) is 0. The van der Waals surface area contributed by atoms with Crippen molar-refractivity contribution in [3.05, 3.63) is 35.4 Å². The smallest absolute Gasteiger partial charge is 0.159 e. The van der Waals surface area contributed by atoms with Gasteiger partial charge in [-0.15, -0.1) is 0 Å². The Bertz CT molecular complexity index is 433. The number of rotatable bonds is 2. The van der Waals surface area contributed by atoms with Crippen molar-refractivity contribution in [2.75, 3.05) is 0 Å². The van der Waals surface area contributed by atoms with Gasteiger partial charge in [0.05, 0.1) is 5.60 Å². The number of benzene rings is 1. The molecule has 1 saturated carbocycles. The molecular formula is C15H20F2O. The van der Waals surface area contributed by atoms with E-state index in [0.29, 0.717) is 17.9 Å². The fourth-order valence-electron chi connectivity index (χ4n) is 2.95. The molecule has 2 rings (SSSR count). The molecule has 0 aromatic heterocycles. The molecule has 3 unspecified atom stereocenters. The van der Waals surface area contributed by atoms with Crippen LogP contribution in [0.5, 0.6) is 0 Å². The lowest BCUT2D eigenvalue weighted by molar-refractivity contribution is -0.0522. The van der Waals surface area contributed by atoms with Gasteiger partial charge in [-0.2, -0.15) is 0 Å². The molecule has 0 spiro atoms. The fourth-order valence-corrected chi connectivity index (χ4v) is 2.95. The van der Waals surface area contributed by atoms with Gasteiger partial charge in [0.15, 0.2) is 11.6 Å². The third kappa shape index (κ3) is 2.72. The summed E-state index contributed by atoms with van der Waals surface area (Å²) in [5, 5.41) is 10.7. The lowest BCUT2D eigenvalue weighted by atomic mass is 9.70. The number of aliphatic hydroxyl groups is 1. The van der Waals surface area contributed by atoms with Crippen molar-refractivity contribution < 1.29 is 13.9 Å². The first-order valence-corrected chi connectivity index (χ1v) is 6.57. The molecule has 1 aromatic carbocycles. The molecule has 1 aromatic rings. The van der Waals surface area contributed by atoms with E-state index in [1.807, 2.05) is 6.92 Å². The van der Waals surface area contributed by atoms with Crippen LogP contribution in [0.25, 0.3) is 0 Å². The summed E-state index contributed by atoms with van der Waals surface area (Å²) in [5.41, 5.74) is -0.116. The molecule has 1 aliphatic carbocycles. The summed E-state index contributed by atoms with van der Waals surface area (Å²) in [6, 6.07) is 3.88. The number of halogens is 2. The van der Waals surface area contributed by atoms with Gasteiger partial charge in [-0.05, 0) is 48.8 Å². The molecule has 1 aliphatic rings. The van der Waals surface area contributed by atoms with Gasteiger partial charge in [0.1, 0.15) is 0 Å². The molecule has 100 valence electrons. The zero-order valence-electron chi connectivity index (χ0n) is 10.9. The minimum absolute atomic E-state index is 0.189. The van der Waals surface area contributed by atoms with E-state index in [4.69, 9.17) is 0 Å². The molecule has 0 aliphatic heterocycles. The maximum atomic E-state index is 13.2. The average Bonchev–Trinajstić information content (AvgIpc) is 2.30. The van der Waals surface area contributed by atoms with Crippen LogP contribution in [-0.2, 0) is 6.42 Å². The summed E-state index contributed by atoms with van der Waals surface area (Å²) in [7, 11) is 0. The van der Waals surface area contributed by atoms with Crippen LogP contribution in [0.15, 0.2) is 18.2 Å². The van der Waals surface area contributed by atoms with Crippen LogP contribution in [0, 0.1) is 23.5 Å². The highest BCUT2D eigenvalue weighted by molar-refractivity contribution is 5.20. The van der Waals surface area contributed by atoms with Crippen LogP contribution in [0.4, 0.5) is 8.78 Å². The minimum Gasteiger partial charge on any atom is -0.389 e. The summed E-state index contributed by atoms with van der Waals surface area (Å²) in [6.07, 6.45) is 3.11. The van der Waals surface area contributed by atoms with Crippen molar-refractivity contribution in [1.82, 2.24) is 0 Å². The molecule has 0 amide bonds. The van der Waals surface area contributed by atoms with Gasteiger partial charge in [0.25, 0.3) is 0 Å². The van der Waals surface area contributed by atoms with Crippen LogP contribution in [-0.4, -0.2) is 10.7 Å². The molecule has 0 saturated heterocycles. The fraction of sp³-hybridized carbons (Fsp3) is 0.600. The van der Waals surface area contributed by atoms with E-state index in [9.17, 15) is 13.9 Å². The first kappa shape index (κ1) is 13.5. The maximum Gasteiger partial charge on any atom is 0.159 e. The van der Waals surface area contributed by atoms with Gasteiger partial charge in [-0.25, -0.2) is 8.78 Å². The summed E-state index contributed by atoms with van der Waals surface area (Å²) < 4.78 is 26.0. The second-order valence-corrected chi connectivity index (χ2v) is 5.81. The van der Waals surface area contributed by atoms with Gasteiger partial charge >= 0.3 is 0 Å². The van der Waals surface area contributed by atoms with Crippen molar-refractivity contribution in [3.63, 3.8) is 0 Å². The molecule has 18 heavy (non-hydrogen) atoms. The van der Waals surface area contributed by atoms with E-state index in [1.54, 1.807) is 6.07 Å². The van der Waals surface area contributed by atoms with Gasteiger partial charge in [-0.1, -0.05) is 19.9 Å². The van der Waals surface area contributed by atoms with Crippen LogP contribution >= 0.6 is 0 Å². The predicted octanol–water partition coefficient (Wildman–Crippen LogP) is 3.69. The molecule has 1 fully saturated rings. The Morgan fingerprint density at radius 3 is 2.61 bits per heavy atom. The lowest BCUT2D eigenvalue weighted by Crippen LogP contribution is -2.43. The quantitative estimate of drug-likeness (QED) is 0.853. The van der Waals surface area contributed by atoms with Crippen molar-refractivity contribution >= 4 is 0 Å². The van der Waals surface area contributed by atoms with Crippen LogP contribution < -0.4 is 0 Å². The summed E-state index contributed by atoms with van der Waals surface area (Å²) in [5.74, 6) is -0.858. The van der Waals surface area contributed by atoms with Crippen molar-refractivity contribution in [2.24, 2.45) is 11.8 Å². The zero-order chi connectivity index (χ0) is 13.3. The predicted molar refractivity (Wildman–Crippen MR) is 67.2 cm³/mol. The van der Waals surface area contributed by atoms with Crippen LogP contribution in [0.3, 0.4) is 0 Å². The van der Waals surface area contributed by atoms with Crippen molar-refractivity contribution in [3.8, 4) is 0 Å². The highest BCUT2D eigenvalue weighted by atomic mass is 19.2. The standard InChI is InChI=1S/C15H20F2O/c1-10-5-6-15(18,11(2)7-10)9-12-3-4-13(16)14(17)8-12/h3-4,8,10-11,18H,5-7,9H2,1-2H3. The molecule has 0 radical (unpaired) electrons. The number of hydrogen-bond acceptors (Lipinski definition) is 1. The summed E-state index contributed by atoms with van der Waals surface area (Å²) in [6.45, 7) is 4.23. The Balaban J connectivity index is 2.14. The summed E-state index contributed by atoms with van der Waals surface area (Å²) >= 11 is 0. The minimum atomic E-state index is -0.840. The molecule has 0 heterocycles. The molecule has 1 nitrogen and oxygen atoms in total. The highest BCUT2D eigenvalue weighted by Gasteiger charge is 2.38. The van der Waals surface area contributed by atoms with Crippen LogP contribution in [0.1, 0.15) is 38.7 Å². The first-order chi connectivity index (χ1) is 8.40. The zero-order valence-corrected chi connectivity index (χ0v) is 10.9. The van der Waals surface area contributed by atoms with E-state index >= 15 is 0 Å². The normalized spacial score (nSPS) is 32.5. The van der Waals surface area contributed by atoms with Crippen molar-refractivity contribution in [2.45, 2.75) is 45.1 Å². The Morgan fingerprint density at radius 2 is 2.00 bits per heavy atom. The largest absolute Gasteiger partial charge is 0.389 e. The Labute approximate surface area is 107 Å². The first-order valence-electron chi connectivity index (χ1n) is 6.57. The van der Waals surface area contributed by atoms with E-state index in [-0.39, 0.29) is 5.92 Å². The van der Waals surface area contributed by atoms with E-state index in [0.717, 1.165) is 25.3 Å². The topological polar surface area (TPSA) is 20.2 Å².